The van der Waals surface area contributed by atoms with Gasteiger partial charge in [-0.15, -0.1) is 24.0 Å². The van der Waals surface area contributed by atoms with Crippen LogP contribution in [0.4, 0.5) is 5.69 Å². The summed E-state index contributed by atoms with van der Waals surface area (Å²) in [5.41, 5.74) is 1.51. The summed E-state index contributed by atoms with van der Waals surface area (Å²) in [4.78, 5) is 19.1. The minimum absolute atomic E-state index is 0. The smallest absolute Gasteiger partial charge is 0.255 e. The molecule has 1 fully saturated rings. The number of phenols is 1. The maximum Gasteiger partial charge on any atom is 0.255 e. The molecular formula is C22H30IN5O2. The Hall–Kier alpha value is -2.49. The third-order valence-corrected chi connectivity index (χ3v) is 4.81. The van der Waals surface area contributed by atoms with Crippen LogP contribution >= 0.6 is 24.0 Å². The minimum atomic E-state index is -0.300. The van der Waals surface area contributed by atoms with Crippen molar-refractivity contribution in [2.24, 2.45) is 4.99 Å². The van der Waals surface area contributed by atoms with Crippen LogP contribution in [0.3, 0.4) is 0 Å². The van der Waals surface area contributed by atoms with E-state index in [1.807, 2.05) is 13.0 Å². The molecule has 2 aromatic carbocycles. The van der Waals surface area contributed by atoms with Crippen LogP contribution in [-0.4, -0.2) is 55.7 Å². The van der Waals surface area contributed by atoms with Gasteiger partial charge >= 0.3 is 0 Å². The molecule has 0 saturated carbocycles. The largest absolute Gasteiger partial charge is 0.507 e. The zero-order valence-electron chi connectivity index (χ0n) is 17.2. The van der Waals surface area contributed by atoms with E-state index in [0.29, 0.717) is 19.1 Å². The van der Waals surface area contributed by atoms with Crippen molar-refractivity contribution in [1.29, 1.82) is 0 Å². The molecule has 30 heavy (non-hydrogen) atoms. The van der Waals surface area contributed by atoms with Crippen molar-refractivity contribution in [1.82, 2.24) is 16.0 Å². The first-order valence-corrected chi connectivity index (χ1v) is 10.1. The summed E-state index contributed by atoms with van der Waals surface area (Å²) in [6.45, 7) is 5.58. The molecule has 8 heteroatoms. The number of carbonyl (C=O) groups excluding carboxylic acids is 1. The lowest BCUT2D eigenvalue weighted by atomic mass is 10.2. The van der Waals surface area contributed by atoms with Crippen molar-refractivity contribution in [3.05, 3.63) is 60.2 Å². The van der Waals surface area contributed by atoms with E-state index < -0.39 is 0 Å². The zero-order chi connectivity index (χ0) is 20.5. The van der Waals surface area contributed by atoms with Gasteiger partial charge in [-0.1, -0.05) is 30.3 Å². The summed E-state index contributed by atoms with van der Waals surface area (Å²) < 4.78 is 0. The number of anilines is 1. The highest BCUT2D eigenvalue weighted by Crippen LogP contribution is 2.19. The first-order valence-electron chi connectivity index (χ1n) is 10.1. The number of halogens is 1. The SMILES string of the molecule is CCNC(=NCCNC(=O)c1ccccc1O)NC1CCN(c2ccccc2)C1.I. The Morgan fingerprint density at radius 2 is 1.87 bits per heavy atom. The van der Waals surface area contributed by atoms with Gasteiger partial charge in [0.1, 0.15) is 5.75 Å². The topological polar surface area (TPSA) is 89.0 Å². The van der Waals surface area contributed by atoms with Crippen LogP contribution in [0.1, 0.15) is 23.7 Å². The highest BCUT2D eigenvalue weighted by molar-refractivity contribution is 14.0. The Balaban J connectivity index is 0.00000320. The number of carbonyl (C=O) groups is 1. The van der Waals surface area contributed by atoms with Gasteiger partial charge in [0.15, 0.2) is 5.96 Å². The van der Waals surface area contributed by atoms with Crippen LogP contribution in [0.2, 0.25) is 0 Å². The van der Waals surface area contributed by atoms with Gasteiger partial charge in [0.25, 0.3) is 5.91 Å². The predicted octanol–water partition coefficient (Wildman–Crippen LogP) is 2.57. The van der Waals surface area contributed by atoms with Gasteiger partial charge in [-0.05, 0) is 37.6 Å². The molecule has 1 atom stereocenters. The average molecular weight is 523 g/mol. The molecule has 7 nitrogen and oxygen atoms in total. The number of hydrogen-bond acceptors (Lipinski definition) is 4. The Labute approximate surface area is 195 Å². The molecule has 4 N–H and O–H groups in total. The molecule has 1 saturated heterocycles. The summed E-state index contributed by atoms with van der Waals surface area (Å²) >= 11 is 0. The summed E-state index contributed by atoms with van der Waals surface area (Å²) in [5.74, 6) is 0.433. The van der Waals surface area contributed by atoms with E-state index in [1.165, 1.54) is 11.8 Å². The van der Waals surface area contributed by atoms with E-state index in [9.17, 15) is 9.90 Å². The molecule has 3 rings (SSSR count). The number of rotatable bonds is 7. The van der Waals surface area contributed by atoms with E-state index in [1.54, 1.807) is 18.2 Å². The van der Waals surface area contributed by atoms with Crippen molar-refractivity contribution in [2.75, 3.05) is 37.6 Å². The monoisotopic (exact) mass is 523 g/mol. The standard InChI is InChI=1S/C22H29N5O2.HI/c1-2-23-22(25-14-13-24-21(29)19-10-6-7-11-20(19)28)26-17-12-15-27(16-17)18-8-4-3-5-9-18;/h3-11,17,28H,2,12-16H2,1H3,(H,24,29)(H2,23,25,26);1H. The van der Waals surface area contributed by atoms with Crippen molar-refractivity contribution in [2.45, 2.75) is 19.4 Å². The van der Waals surface area contributed by atoms with E-state index in [2.05, 4.69) is 50.1 Å². The van der Waals surface area contributed by atoms with Crippen LogP contribution in [0.5, 0.6) is 5.75 Å². The Morgan fingerprint density at radius 1 is 1.13 bits per heavy atom. The molecule has 1 heterocycles. The van der Waals surface area contributed by atoms with Crippen LogP contribution in [0.15, 0.2) is 59.6 Å². The number of nitrogens with zero attached hydrogens (tertiary/aromatic N) is 2. The number of benzene rings is 2. The van der Waals surface area contributed by atoms with Gasteiger partial charge in [-0.2, -0.15) is 0 Å². The van der Waals surface area contributed by atoms with Crippen LogP contribution in [0.25, 0.3) is 0 Å². The quantitative estimate of drug-likeness (QED) is 0.194. The Kier molecular flexibility index (Phi) is 9.72. The third kappa shape index (κ3) is 6.79. The number of amides is 1. The predicted molar refractivity (Wildman–Crippen MR) is 132 cm³/mol. The molecule has 0 aromatic heterocycles. The second-order valence-corrected chi connectivity index (χ2v) is 6.95. The maximum absolute atomic E-state index is 12.1. The highest BCUT2D eigenvalue weighted by Gasteiger charge is 2.23. The second kappa shape index (κ2) is 12.3. The molecular weight excluding hydrogens is 493 g/mol. The molecule has 0 radical (unpaired) electrons. The molecule has 162 valence electrons. The Morgan fingerprint density at radius 3 is 2.60 bits per heavy atom. The number of nitrogens with one attached hydrogen (secondary N) is 3. The van der Waals surface area contributed by atoms with E-state index in [-0.39, 0.29) is 41.2 Å². The van der Waals surface area contributed by atoms with Gasteiger partial charge in [-0.25, -0.2) is 0 Å². The number of hydrogen-bond donors (Lipinski definition) is 4. The first kappa shape index (κ1) is 23.8. The molecule has 1 aliphatic rings. The normalized spacial score (nSPS) is 16.0. The molecule has 1 unspecified atom stereocenters. The fourth-order valence-corrected chi connectivity index (χ4v) is 3.36. The van der Waals surface area contributed by atoms with Gasteiger partial charge < -0.3 is 26.0 Å². The lowest BCUT2D eigenvalue weighted by Gasteiger charge is -2.20. The fraction of sp³-hybridized carbons (Fsp3) is 0.364. The van der Waals surface area contributed by atoms with Crippen LogP contribution in [0, 0.1) is 0 Å². The molecule has 0 aliphatic carbocycles. The summed E-state index contributed by atoms with van der Waals surface area (Å²) in [6, 6.07) is 17.2. The summed E-state index contributed by atoms with van der Waals surface area (Å²) in [5, 5.41) is 19.3. The van der Waals surface area contributed by atoms with Gasteiger partial charge in [0.05, 0.1) is 12.1 Å². The van der Waals surface area contributed by atoms with E-state index in [4.69, 9.17) is 0 Å². The maximum atomic E-state index is 12.1. The van der Waals surface area contributed by atoms with Crippen LogP contribution < -0.4 is 20.9 Å². The van der Waals surface area contributed by atoms with Gasteiger partial charge in [-0.3, -0.25) is 9.79 Å². The number of para-hydroxylation sites is 2. The minimum Gasteiger partial charge on any atom is -0.507 e. The number of guanidine groups is 1. The first-order chi connectivity index (χ1) is 14.2. The van der Waals surface area contributed by atoms with Crippen molar-refractivity contribution < 1.29 is 9.90 Å². The van der Waals surface area contributed by atoms with E-state index >= 15 is 0 Å². The summed E-state index contributed by atoms with van der Waals surface area (Å²) in [7, 11) is 0. The highest BCUT2D eigenvalue weighted by atomic mass is 127. The lowest BCUT2D eigenvalue weighted by Crippen LogP contribution is -2.45. The second-order valence-electron chi connectivity index (χ2n) is 6.95. The number of aliphatic imine (C=N–C) groups is 1. The fourth-order valence-electron chi connectivity index (χ4n) is 3.36. The molecule has 1 amide bonds. The number of phenolic OH excluding ortho intramolecular Hbond substituents is 1. The molecule has 0 spiro atoms. The van der Waals surface area contributed by atoms with E-state index in [0.717, 1.165) is 32.0 Å². The van der Waals surface area contributed by atoms with Crippen molar-refractivity contribution in [3.63, 3.8) is 0 Å². The van der Waals surface area contributed by atoms with Crippen molar-refractivity contribution >= 4 is 41.5 Å². The zero-order valence-corrected chi connectivity index (χ0v) is 19.5. The van der Waals surface area contributed by atoms with Crippen molar-refractivity contribution in [3.8, 4) is 5.75 Å². The lowest BCUT2D eigenvalue weighted by molar-refractivity contribution is 0.0952. The third-order valence-electron chi connectivity index (χ3n) is 4.81. The summed E-state index contributed by atoms with van der Waals surface area (Å²) in [6.07, 6.45) is 1.04. The molecule has 1 aliphatic heterocycles. The molecule has 0 bridgehead atoms. The van der Waals surface area contributed by atoms with Gasteiger partial charge in [0, 0.05) is 37.9 Å². The molecule has 2 aromatic rings. The van der Waals surface area contributed by atoms with Crippen LogP contribution in [-0.2, 0) is 0 Å². The Bertz CT molecular complexity index is 831. The average Bonchev–Trinajstić information content (AvgIpc) is 3.20. The number of aromatic hydroxyl groups is 1. The van der Waals surface area contributed by atoms with Gasteiger partial charge in [0.2, 0.25) is 0 Å².